The van der Waals surface area contributed by atoms with Crippen molar-refractivity contribution in [3.05, 3.63) is 64.0 Å². The molecule has 0 fully saturated rings. The van der Waals surface area contributed by atoms with Crippen molar-refractivity contribution in [2.45, 2.75) is 24.0 Å². The van der Waals surface area contributed by atoms with E-state index in [2.05, 4.69) is 5.32 Å². The molecule has 0 saturated heterocycles. The highest BCUT2D eigenvalue weighted by molar-refractivity contribution is 7.92. The molecule has 2 aromatic rings. The third-order valence-electron chi connectivity index (χ3n) is 3.65. The Bertz CT molecular complexity index is 926. The SMILES string of the molecule is Cc1ccc(NC(=O)[C@@H](C)S(=O)(=O)c2ccc([N+](=O)[O-])cc2)cc1F. The van der Waals surface area contributed by atoms with Crippen molar-refractivity contribution in [2.24, 2.45) is 0 Å². The number of amides is 1. The van der Waals surface area contributed by atoms with E-state index in [-0.39, 0.29) is 16.3 Å². The Morgan fingerprint density at radius 1 is 1.20 bits per heavy atom. The third-order valence-corrected chi connectivity index (χ3v) is 5.72. The quantitative estimate of drug-likeness (QED) is 0.647. The van der Waals surface area contributed by atoms with Crippen LogP contribution in [0.25, 0.3) is 0 Å². The molecule has 0 saturated carbocycles. The Morgan fingerprint density at radius 3 is 2.32 bits per heavy atom. The lowest BCUT2D eigenvalue weighted by atomic mass is 10.2. The minimum atomic E-state index is -4.05. The van der Waals surface area contributed by atoms with Crippen LogP contribution in [-0.2, 0) is 14.6 Å². The first-order valence-electron chi connectivity index (χ1n) is 7.18. The molecule has 9 heteroatoms. The largest absolute Gasteiger partial charge is 0.325 e. The Hall–Kier alpha value is -2.81. The maximum Gasteiger partial charge on any atom is 0.269 e. The topological polar surface area (TPSA) is 106 Å². The van der Waals surface area contributed by atoms with Gasteiger partial charge in [-0.2, -0.15) is 0 Å². The van der Waals surface area contributed by atoms with Gasteiger partial charge < -0.3 is 5.32 Å². The summed E-state index contributed by atoms with van der Waals surface area (Å²) in [6.07, 6.45) is 0. The molecule has 1 N–H and O–H groups in total. The number of aryl methyl sites for hydroxylation is 1. The number of nitrogens with zero attached hydrogens (tertiary/aromatic N) is 1. The summed E-state index contributed by atoms with van der Waals surface area (Å²) in [5.41, 5.74) is 0.273. The first-order chi connectivity index (χ1) is 11.6. The lowest BCUT2D eigenvalue weighted by molar-refractivity contribution is -0.384. The molecule has 0 radical (unpaired) electrons. The minimum absolute atomic E-state index is 0.138. The highest BCUT2D eigenvalue weighted by Crippen LogP contribution is 2.21. The van der Waals surface area contributed by atoms with E-state index < -0.39 is 31.7 Å². The zero-order valence-electron chi connectivity index (χ0n) is 13.4. The fraction of sp³-hybridized carbons (Fsp3) is 0.188. The van der Waals surface area contributed by atoms with Crippen LogP contribution in [0.5, 0.6) is 0 Å². The van der Waals surface area contributed by atoms with Crippen LogP contribution in [0.2, 0.25) is 0 Å². The summed E-state index contributed by atoms with van der Waals surface area (Å²) in [5, 5.41) is 11.5. The van der Waals surface area contributed by atoms with Crippen LogP contribution in [0.3, 0.4) is 0 Å². The maximum absolute atomic E-state index is 13.5. The van der Waals surface area contributed by atoms with Crippen LogP contribution in [0.15, 0.2) is 47.4 Å². The Morgan fingerprint density at radius 2 is 1.80 bits per heavy atom. The summed E-state index contributed by atoms with van der Waals surface area (Å²) >= 11 is 0. The van der Waals surface area contributed by atoms with Crippen LogP contribution < -0.4 is 5.32 Å². The Labute approximate surface area is 143 Å². The number of anilines is 1. The molecule has 0 aliphatic heterocycles. The number of nitrogens with one attached hydrogen (secondary N) is 1. The second-order valence-electron chi connectivity index (χ2n) is 5.39. The van der Waals surface area contributed by atoms with Gasteiger partial charge >= 0.3 is 0 Å². The molecule has 2 aromatic carbocycles. The summed E-state index contributed by atoms with van der Waals surface area (Å²) in [7, 11) is -4.05. The van der Waals surface area contributed by atoms with E-state index in [9.17, 15) is 27.7 Å². The van der Waals surface area contributed by atoms with Gasteiger partial charge in [0.15, 0.2) is 9.84 Å². The molecule has 1 amide bonds. The van der Waals surface area contributed by atoms with Gasteiger partial charge in [0.2, 0.25) is 5.91 Å². The monoisotopic (exact) mass is 366 g/mol. The predicted molar refractivity (Wildman–Crippen MR) is 89.5 cm³/mol. The van der Waals surface area contributed by atoms with Crippen molar-refractivity contribution in [2.75, 3.05) is 5.32 Å². The number of carbonyl (C=O) groups excluding carboxylic acids is 1. The van der Waals surface area contributed by atoms with Gasteiger partial charge in [-0.25, -0.2) is 12.8 Å². The first kappa shape index (κ1) is 18.5. The molecular weight excluding hydrogens is 351 g/mol. The molecular formula is C16H15FN2O5S. The van der Waals surface area contributed by atoms with Gasteiger partial charge in [-0.3, -0.25) is 14.9 Å². The number of nitro benzene ring substituents is 1. The summed E-state index contributed by atoms with van der Waals surface area (Å²) in [5.74, 6) is -1.36. The van der Waals surface area contributed by atoms with Gasteiger partial charge in [0, 0.05) is 17.8 Å². The fourth-order valence-electron chi connectivity index (χ4n) is 2.02. The van der Waals surface area contributed by atoms with Crippen LogP contribution in [0, 0.1) is 22.9 Å². The molecule has 0 aliphatic rings. The van der Waals surface area contributed by atoms with E-state index in [4.69, 9.17) is 0 Å². The molecule has 1 atom stereocenters. The van der Waals surface area contributed by atoms with E-state index in [0.29, 0.717) is 5.56 Å². The van der Waals surface area contributed by atoms with Gasteiger partial charge in [-0.1, -0.05) is 6.07 Å². The molecule has 7 nitrogen and oxygen atoms in total. The van der Waals surface area contributed by atoms with E-state index in [1.807, 2.05) is 0 Å². The van der Waals surface area contributed by atoms with Crippen molar-refractivity contribution in [3.63, 3.8) is 0 Å². The fourth-order valence-corrected chi connectivity index (χ4v) is 3.28. The number of benzene rings is 2. The standard InChI is InChI=1S/C16H15FN2O5S/c1-10-3-4-12(9-15(10)17)18-16(20)11(2)25(23,24)14-7-5-13(6-8-14)19(21)22/h3-9,11H,1-2H3,(H,18,20)/t11-/m1/s1. The van der Waals surface area contributed by atoms with Crippen LogP contribution >= 0.6 is 0 Å². The van der Waals surface area contributed by atoms with Gasteiger partial charge in [0.05, 0.1) is 9.82 Å². The van der Waals surface area contributed by atoms with E-state index in [0.717, 1.165) is 30.3 Å². The van der Waals surface area contributed by atoms with Crippen molar-refractivity contribution < 1.29 is 22.5 Å². The summed E-state index contributed by atoms with van der Waals surface area (Å²) in [4.78, 5) is 21.9. The minimum Gasteiger partial charge on any atom is -0.325 e. The summed E-state index contributed by atoms with van der Waals surface area (Å²) in [6, 6.07) is 8.26. The van der Waals surface area contributed by atoms with Crippen molar-refractivity contribution in [3.8, 4) is 0 Å². The van der Waals surface area contributed by atoms with Crippen LogP contribution in [0.1, 0.15) is 12.5 Å². The smallest absolute Gasteiger partial charge is 0.269 e. The lowest BCUT2D eigenvalue weighted by Crippen LogP contribution is -2.32. The number of hydrogen-bond donors (Lipinski definition) is 1. The number of halogens is 1. The lowest BCUT2D eigenvalue weighted by Gasteiger charge is -2.13. The number of hydrogen-bond acceptors (Lipinski definition) is 5. The van der Waals surface area contributed by atoms with Crippen molar-refractivity contribution >= 4 is 27.1 Å². The number of carbonyl (C=O) groups is 1. The van der Waals surface area contributed by atoms with Gasteiger partial charge in [-0.15, -0.1) is 0 Å². The molecule has 132 valence electrons. The van der Waals surface area contributed by atoms with Gasteiger partial charge in [-0.05, 0) is 43.7 Å². The summed E-state index contributed by atoms with van der Waals surface area (Å²) < 4.78 is 38.4. The Balaban J connectivity index is 2.21. The third kappa shape index (κ3) is 4.00. The highest BCUT2D eigenvalue weighted by atomic mass is 32.2. The molecule has 0 spiro atoms. The van der Waals surface area contributed by atoms with Crippen LogP contribution in [-0.4, -0.2) is 24.5 Å². The zero-order valence-corrected chi connectivity index (χ0v) is 14.2. The predicted octanol–water partition coefficient (Wildman–Crippen LogP) is 2.84. The van der Waals surface area contributed by atoms with Crippen molar-refractivity contribution in [1.29, 1.82) is 0 Å². The van der Waals surface area contributed by atoms with Crippen molar-refractivity contribution in [1.82, 2.24) is 0 Å². The maximum atomic E-state index is 13.5. The van der Waals surface area contributed by atoms with E-state index in [1.54, 1.807) is 6.92 Å². The number of nitro groups is 1. The molecule has 0 aliphatic carbocycles. The average Bonchev–Trinajstić information content (AvgIpc) is 2.57. The summed E-state index contributed by atoms with van der Waals surface area (Å²) in [6.45, 7) is 2.75. The normalized spacial score (nSPS) is 12.4. The van der Waals surface area contributed by atoms with E-state index in [1.165, 1.54) is 19.1 Å². The van der Waals surface area contributed by atoms with Gasteiger partial charge in [0.1, 0.15) is 11.1 Å². The Kier molecular flexibility index (Phi) is 5.17. The number of rotatable bonds is 5. The molecule has 0 heterocycles. The number of sulfone groups is 1. The number of non-ortho nitro benzene ring substituents is 1. The molecule has 25 heavy (non-hydrogen) atoms. The van der Waals surface area contributed by atoms with E-state index >= 15 is 0 Å². The van der Waals surface area contributed by atoms with Crippen LogP contribution in [0.4, 0.5) is 15.8 Å². The van der Waals surface area contributed by atoms with Gasteiger partial charge in [0.25, 0.3) is 5.69 Å². The molecule has 0 bridgehead atoms. The first-order valence-corrected chi connectivity index (χ1v) is 8.73. The molecule has 0 aromatic heterocycles. The zero-order chi connectivity index (χ0) is 18.8. The average molecular weight is 366 g/mol. The second-order valence-corrected chi connectivity index (χ2v) is 7.66. The molecule has 0 unspecified atom stereocenters. The molecule has 2 rings (SSSR count). The second kappa shape index (κ2) is 6.98. The highest BCUT2D eigenvalue weighted by Gasteiger charge is 2.30.